The van der Waals surface area contributed by atoms with Crippen LogP contribution in [0.15, 0.2) is 67.0 Å². The van der Waals surface area contributed by atoms with Crippen molar-refractivity contribution in [3.63, 3.8) is 0 Å². The third-order valence-electron chi connectivity index (χ3n) is 5.13. The summed E-state index contributed by atoms with van der Waals surface area (Å²) in [4.78, 5) is 7.63. The Labute approximate surface area is 164 Å². The number of anilines is 1. The fourth-order valence-corrected chi connectivity index (χ4v) is 3.97. The lowest BCUT2D eigenvalue weighted by Crippen LogP contribution is -2.20. The summed E-state index contributed by atoms with van der Waals surface area (Å²) in [5, 5.41) is 15.6. The van der Waals surface area contributed by atoms with Crippen LogP contribution in [0.25, 0.3) is 10.9 Å². The van der Waals surface area contributed by atoms with Gasteiger partial charge in [-0.1, -0.05) is 35.9 Å². The van der Waals surface area contributed by atoms with Crippen LogP contribution in [0.2, 0.25) is 0 Å². The average Bonchev–Trinajstić information content (AvgIpc) is 2.68. The third-order valence-corrected chi connectivity index (χ3v) is 5.13. The van der Waals surface area contributed by atoms with Crippen LogP contribution in [0.4, 0.5) is 5.82 Å². The number of nitrogens with zero attached hydrogens (tertiary/aromatic N) is 1. The second-order valence-electron chi connectivity index (χ2n) is 7.24. The Balaban J connectivity index is 1.93. The van der Waals surface area contributed by atoms with Crippen LogP contribution in [0.3, 0.4) is 0 Å². The summed E-state index contributed by atoms with van der Waals surface area (Å²) < 4.78 is 0. The van der Waals surface area contributed by atoms with Gasteiger partial charge < -0.3 is 5.11 Å². The van der Waals surface area contributed by atoms with E-state index in [0.29, 0.717) is 5.52 Å². The number of rotatable bonds is 4. The molecule has 0 saturated carbocycles. The summed E-state index contributed by atoms with van der Waals surface area (Å²) in [6, 6.07) is 17.9. The first kappa shape index (κ1) is 18.0. The quantitative estimate of drug-likeness (QED) is 0.538. The second-order valence-corrected chi connectivity index (χ2v) is 7.24. The Hall–Kier alpha value is -3.40. The van der Waals surface area contributed by atoms with Crippen molar-refractivity contribution in [3.8, 4) is 5.75 Å². The van der Waals surface area contributed by atoms with Gasteiger partial charge in [-0.2, -0.15) is 0 Å². The van der Waals surface area contributed by atoms with Gasteiger partial charge in [0.1, 0.15) is 17.3 Å². The van der Waals surface area contributed by atoms with Crippen LogP contribution < -0.4 is 10.3 Å². The molecule has 4 heteroatoms. The van der Waals surface area contributed by atoms with Crippen LogP contribution in [0.5, 0.6) is 5.75 Å². The van der Waals surface area contributed by atoms with Gasteiger partial charge in [0.2, 0.25) is 0 Å². The first-order valence-electron chi connectivity index (χ1n) is 9.42. The van der Waals surface area contributed by atoms with Crippen molar-refractivity contribution in [1.29, 1.82) is 0 Å². The standard InChI is InChI=1S/C24H23N3O/c1-15-13-16(2)21(17(3)14-15)23(27-20-8-4-5-11-25-20)19-10-9-18-7-6-12-26-22(18)24(19)28/h4-14,23,28H,1-3H3,(H,25,27)/p+1/t23-/m1/s1. The van der Waals surface area contributed by atoms with Crippen molar-refractivity contribution in [2.45, 2.75) is 26.8 Å². The maximum Gasteiger partial charge on any atom is 0.272 e. The monoisotopic (exact) mass is 370 g/mol. The summed E-state index contributed by atoms with van der Waals surface area (Å²) in [5.41, 5.74) is 6.18. The molecule has 28 heavy (non-hydrogen) atoms. The molecule has 0 spiro atoms. The lowest BCUT2D eigenvalue weighted by Gasteiger charge is -2.21. The van der Waals surface area contributed by atoms with E-state index in [-0.39, 0.29) is 11.8 Å². The lowest BCUT2D eigenvalue weighted by atomic mass is 9.89. The number of aromatic hydroxyl groups is 1. The normalized spacial score (nSPS) is 12.1. The predicted octanol–water partition coefficient (Wildman–Crippen LogP) is 4.88. The summed E-state index contributed by atoms with van der Waals surface area (Å²) >= 11 is 0. The van der Waals surface area contributed by atoms with E-state index in [1.165, 1.54) is 16.7 Å². The molecule has 0 saturated heterocycles. The molecule has 1 atom stereocenters. The summed E-state index contributed by atoms with van der Waals surface area (Å²) in [5.74, 6) is 1.10. The molecule has 3 N–H and O–H groups in total. The predicted molar refractivity (Wildman–Crippen MR) is 113 cm³/mol. The Kier molecular flexibility index (Phi) is 4.70. The Morgan fingerprint density at radius 2 is 1.75 bits per heavy atom. The van der Waals surface area contributed by atoms with Gasteiger partial charge in [0.25, 0.3) is 5.82 Å². The van der Waals surface area contributed by atoms with E-state index in [9.17, 15) is 5.11 Å². The van der Waals surface area contributed by atoms with E-state index >= 15 is 0 Å². The van der Waals surface area contributed by atoms with E-state index in [0.717, 1.165) is 22.3 Å². The maximum absolute atomic E-state index is 11.1. The molecule has 0 radical (unpaired) electrons. The minimum Gasteiger partial charge on any atom is -0.505 e. The number of benzene rings is 2. The van der Waals surface area contributed by atoms with Crippen molar-refractivity contribution < 1.29 is 10.1 Å². The van der Waals surface area contributed by atoms with Crippen LogP contribution in [-0.2, 0) is 0 Å². The molecular weight excluding hydrogens is 346 g/mol. The molecule has 140 valence electrons. The second kappa shape index (κ2) is 7.31. The number of hydrogen-bond donors (Lipinski definition) is 2. The molecule has 2 aromatic carbocycles. The van der Waals surface area contributed by atoms with Gasteiger partial charge in [0.05, 0.1) is 6.20 Å². The SMILES string of the molecule is Cc1cc(C)c([C@H](Nc2cccc[nH+]2)c2ccc3cccnc3c2O)c(C)c1. The molecule has 0 aliphatic rings. The fourth-order valence-electron chi connectivity index (χ4n) is 3.97. The van der Waals surface area contributed by atoms with E-state index in [2.05, 4.69) is 48.2 Å². The van der Waals surface area contributed by atoms with Gasteiger partial charge in [0, 0.05) is 28.8 Å². The highest BCUT2D eigenvalue weighted by Crippen LogP contribution is 2.38. The highest BCUT2D eigenvalue weighted by molar-refractivity contribution is 5.86. The molecule has 4 aromatic rings. The van der Waals surface area contributed by atoms with Gasteiger partial charge in [-0.05, 0) is 50.1 Å². The minimum absolute atomic E-state index is 0.214. The number of aromatic amines is 1. The number of aryl methyl sites for hydroxylation is 3. The number of nitrogens with one attached hydrogen (secondary N) is 2. The van der Waals surface area contributed by atoms with Crippen molar-refractivity contribution in [3.05, 3.63) is 94.8 Å². The van der Waals surface area contributed by atoms with E-state index in [1.807, 2.05) is 48.7 Å². The largest absolute Gasteiger partial charge is 0.505 e. The molecule has 0 aliphatic carbocycles. The zero-order valence-electron chi connectivity index (χ0n) is 16.3. The molecule has 2 aromatic heterocycles. The summed E-state index contributed by atoms with van der Waals surface area (Å²) in [6.07, 6.45) is 3.59. The van der Waals surface area contributed by atoms with Gasteiger partial charge in [-0.3, -0.25) is 10.3 Å². The van der Waals surface area contributed by atoms with Gasteiger partial charge in [0.15, 0.2) is 0 Å². The van der Waals surface area contributed by atoms with E-state index in [4.69, 9.17) is 0 Å². The van der Waals surface area contributed by atoms with Gasteiger partial charge in [-0.15, -0.1) is 0 Å². The number of pyridine rings is 2. The van der Waals surface area contributed by atoms with Gasteiger partial charge in [-0.25, -0.2) is 4.98 Å². The third kappa shape index (κ3) is 3.29. The average molecular weight is 370 g/mol. The Bertz CT molecular complexity index is 1120. The van der Waals surface area contributed by atoms with E-state index < -0.39 is 0 Å². The highest BCUT2D eigenvalue weighted by atomic mass is 16.3. The summed E-state index contributed by atoms with van der Waals surface area (Å²) in [6.45, 7) is 6.35. The molecule has 0 amide bonds. The summed E-state index contributed by atoms with van der Waals surface area (Å²) in [7, 11) is 0. The zero-order valence-corrected chi connectivity index (χ0v) is 16.3. The molecular formula is C24H24N3O+. The first-order valence-corrected chi connectivity index (χ1v) is 9.42. The highest BCUT2D eigenvalue weighted by Gasteiger charge is 2.27. The molecule has 0 bridgehead atoms. The van der Waals surface area contributed by atoms with Crippen LogP contribution in [-0.4, -0.2) is 10.1 Å². The number of hydrogen-bond acceptors (Lipinski definition) is 3. The van der Waals surface area contributed by atoms with Crippen molar-refractivity contribution >= 4 is 16.7 Å². The maximum atomic E-state index is 11.1. The van der Waals surface area contributed by atoms with Crippen molar-refractivity contribution in [2.24, 2.45) is 0 Å². The Morgan fingerprint density at radius 3 is 2.46 bits per heavy atom. The molecule has 0 aliphatic heterocycles. The molecule has 4 nitrogen and oxygen atoms in total. The first-order chi connectivity index (χ1) is 13.5. The zero-order chi connectivity index (χ0) is 19.7. The number of fused-ring (bicyclic) bond motifs is 1. The fraction of sp³-hybridized carbons (Fsp3) is 0.167. The van der Waals surface area contributed by atoms with Crippen molar-refractivity contribution in [1.82, 2.24) is 4.98 Å². The smallest absolute Gasteiger partial charge is 0.272 e. The molecule has 0 fully saturated rings. The minimum atomic E-state index is -0.217. The van der Waals surface area contributed by atoms with Crippen LogP contribution >= 0.6 is 0 Å². The van der Waals surface area contributed by atoms with Gasteiger partial charge >= 0.3 is 0 Å². The molecule has 4 rings (SSSR count). The number of aromatic nitrogens is 2. The lowest BCUT2D eigenvalue weighted by molar-refractivity contribution is -0.361. The molecule has 0 unspecified atom stereocenters. The topological polar surface area (TPSA) is 59.3 Å². The van der Waals surface area contributed by atoms with Crippen LogP contribution in [0.1, 0.15) is 33.9 Å². The number of H-pyrrole nitrogens is 1. The Morgan fingerprint density at radius 1 is 0.964 bits per heavy atom. The molecule has 2 heterocycles. The number of phenols is 1. The number of phenolic OH excluding ortho intramolecular Hbond substituents is 1. The van der Waals surface area contributed by atoms with E-state index in [1.54, 1.807) is 6.20 Å². The van der Waals surface area contributed by atoms with Crippen LogP contribution in [0, 0.1) is 20.8 Å². The van der Waals surface area contributed by atoms with Crippen molar-refractivity contribution in [2.75, 3.05) is 5.32 Å².